The fraction of sp³-hybridized carbons (Fsp3) is 0.304. The van der Waals surface area contributed by atoms with Crippen LogP contribution < -0.4 is 5.32 Å². The van der Waals surface area contributed by atoms with Crippen molar-refractivity contribution in [2.75, 3.05) is 5.32 Å². The zero-order valence-corrected chi connectivity index (χ0v) is 17.8. The standard InChI is InChI=1S/C23H20F3N5O3/c24-14-9-16(26)18(10-15(14)25)29-23-31-30-22(34-23)21-27-17-6-5-13(8-19(17)28-21)12-3-1-11(2-4-12)7-20(32)33/h5-6,8-12H,1-4,7H2,(H,27,28)(H,29,31)(H,32,33). The molecule has 1 fully saturated rings. The van der Waals surface area contributed by atoms with Crippen LogP contribution in [-0.2, 0) is 4.79 Å². The lowest BCUT2D eigenvalue weighted by Gasteiger charge is -2.27. The third kappa shape index (κ3) is 4.45. The second kappa shape index (κ2) is 8.81. The number of carboxylic acids is 1. The number of hydrogen-bond donors (Lipinski definition) is 3. The summed E-state index contributed by atoms with van der Waals surface area (Å²) in [7, 11) is 0. The zero-order chi connectivity index (χ0) is 23.8. The number of halogens is 3. The maximum absolute atomic E-state index is 13.9. The molecule has 0 unspecified atom stereocenters. The van der Waals surface area contributed by atoms with Crippen LogP contribution in [0.1, 0.15) is 43.6 Å². The van der Waals surface area contributed by atoms with Crippen LogP contribution in [0, 0.1) is 23.4 Å². The van der Waals surface area contributed by atoms with Gasteiger partial charge in [-0.1, -0.05) is 11.2 Å². The lowest BCUT2D eigenvalue weighted by Crippen LogP contribution is -2.16. The first kappa shape index (κ1) is 21.9. The maximum Gasteiger partial charge on any atom is 0.320 e. The topological polar surface area (TPSA) is 117 Å². The van der Waals surface area contributed by atoms with Gasteiger partial charge in [-0.15, -0.1) is 5.10 Å². The molecule has 0 bridgehead atoms. The van der Waals surface area contributed by atoms with E-state index in [4.69, 9.17) is 9.52 Å². The number of fused-ring (bicyclic) bond motifs is 1. The molecule has 5 rings (SSSR count). The number of nitrogens with zero attached hydrogens (tertiary/aromatic N) is 3. The van der Waals surface area contributed by atoms with Gasteiger partial charge in [0, 0.05) is 18.6 Å². The Hall–Kier alpha value is -3.89. The number of aromatic amines is 1. The molecular formula is C23H20F3N5O3. The molecule has 1 saturated carbocycles. The number of rotatable bonds is 6. The molecule has 0 aliphatic heterocycles. The lowest BCUT2D eigenvalue weighted by molar-refractivity contribution is -0.138. The predicted octanol–water partition coefficient (Wildman–Crippen LogP) is 5.52. The number of benzene rings is 2. The smallest absolute Gasteiger partial charge is 0.320 e. The first-order chi connectivity index (χ1) is 16.4. The number of anilines is 2. The molecule has 176 valence electrons. The Balaban J connectivity index is 1.31. The Morgan fingerprint density at radius 1 is 1.06 bits per heavy atom. The fourth-order valence-corrected chi connectivity index (χ4v) is 4.43. The van der Waals surface area contributed by atoms with E-state index in [0.717, 1.165) is 36.8 Å². The highest BCUT2D eigenvalue weighted by atomic mass is 19.2. The third-order valence-corrected chi connectivity index (χ3v) is 6.17. The van der Waals surface area contributed by atoms with Gasteiger partial charge >= 0.3 is 12.0 Å². The van der Waals surface area contributed by atoms with Crippen LogP contribution in [0.5, 0.6) is 0 Å². The molecule has 2 aromatic carbocycles. The number of nitrogens with one attached hydrogen (secondary N) is 2. The molecule has 3 N–H and O–H groups in total. The molecule has 0 amide bonds. The number of aliphatic carboxylic acids is 1. The molecular weight excluding hydrogens is 451 g/mol. The zero-order valence-electron chi connectivity index (χ0n) is 17.8. The van der Waals surface area contributed by atoms with E-state index in [1.54, 1.807) is 0 Å². The summed E-state index contributed by atoms with van der Waals surface area (Å²) in [4.78, 5) is 18.5. The summed E-state index contributed by atoms with van der Waals surface area (Å²) >= 11 is 0. The highest BCUT2D eigenvalue weighted by Crippen LogP contribution is 2.38. The van der Waals surface area contributed by atoms with Crippen LogP contribution in [0.15, 0.2) is 34.7 Å². The van der Waals surface area contributed by atoms with Crippen molar-refractivity contribution < 1.29 is 27.5 Å². The van der Waals surface area contributed by atoms with E-state index >= 15 is 0 Å². The average molecular weight is 471 g/mol. The Morgan fingerprint density at radius 2 is 1.82 bits per heavy atom. The van der Waals surface area contributed by atoms with Crippen LogP contribution in [0.25, 0.3) is 22.7 Å². The first-order valence-corrected chi connectivity index (χ1v) is 10.8. The Bertz CT molecular complexity index is 1360. The summed E-state index contributed by atoms with van der Waals surface area (Å²) in [5, 5.41) is 19.1. The van der Waals surface area contributed by atoms with E-state index in [1.807, 2.05) is 18.2 Å². The highest BCUT2D eigenvalue weighted by molar-refractivity contribution is 5.79. The second-order valence-electron chi connectivity index (χ2n) is 8.46. The normalized spacial score (nSPS) is 18.3. The van der Waals surface area contributed by atoms with Crippen molar-refractivity contribution in [1.82, 2.24) is 20.2 Å². The van der Waals surface area contributed by atoms with E-state index in [1.165, 1.54) is 0 Å². The molecule has 0 radical (unpaired) electrons. The number of H-pyrrole nitrogens is 1. The van der Waals surface area contributed by atoms with Crippen molar-refractivity contribution >= 4 is 28.7 Å². The van der Waals surface area contributed by atoms with Crippen LogP contribution >= 0.6 is 0 Å². The van der Waals surface area contributed by atoms with Gasteiger partial charge in [0.25, 0.3) is 5.89 Å². The average Bonchev–Trinajstić information content (AvgIpc) is 3.44. The maximum atomic E-state index is 13.9. The molecule has 34 heavy (non-hydrogen) atoms. The van der Waals surface area contributed by atoms with Crippen LogP contribution in [0.4, 0.5) is 24.9 Å². The van der Waals surface area contributed by atoms with Gasteiger partial charge < -0.3 is 19.8 Å². The molecule has 1 aliphatic rings. The number of imidazole rings is 1. The summed E-state index contributed by atoms with van der Waals surface area (Å²) in [6.07, 6.45) is 3.87. The molecule has 1 aliphatic carbocycles. The van der Waals surface area contributed by atoms with E-state index in [2.05, 4.69) is 25.5 Å². The number of hydrogen-bond acceptors (Lipinski definition) is 6. The van der Waals surface area contributed by atoms with Crippen molar-refractivity contribution in [3.63, 3.8) is 0 Å². The monoisotopic (exact) mass is 471 g/mol. The van der Waals surface area contributed by atoms with E-state index in [9.17, 15) is 18.0 Å². The summed E-state index contributed by atoms with van der Waals surface area (Å²) in [6, 6.07) is 6.79. The molecule has 0 saturated heterocycles. The van der Waals surface area contributed by atoms with Gasteiger partial charge in [0.2, 0.25) is 0 Å². The number of carboxylic acid groups (broad SMARTS) is 1. The quantitative estimate of drug-likeness (QED) is 0.317. The molecule has 4 aromatic rings. The lowest BCUT2D eigenvalue weighted by atomic mass is 9.77. The molecule has 8 nitrogen and oxygen atoms in total. The molecule has 11 heteroatoms. The van der Waals surface area contributed by atoms with Gasteiger partial charge in [-0.3, -0.25) is 4.79 Å². The van der Waals surface area contributed by atoms with Gasteiger partial charge in [-0.2, -0.15) is 0 Å². The van der Waals surface area contributed by atoms with Crippen LogP contribution in [0.2, 0.25) is 0 Å². The number of carbonyl (C=O) groups is 1. The van der Waals surface area contributed by atoms with Crippen LogP contribution in [-0.4, -0.2) is 31.2 Å². The summed E-state index contributed by atoms with van der Waals surface area (Å²) < 4.78 is 45.8. The van der Waals surface area contributed by atoms with Crippen LogP contribution in [0.3, 0.4) is 0 Å². The largest absolute Gasteiger partial charge is 0.481 e. The number of aromatic nitrogens is 4. The van der Waals surface area contributed by atoms with Gasteiger partial charge in [0.05, 0.1) is 16.7 Å². The Kier molecular flexibility index (Phi) is 5.68. The summed E-state index contributed by atoms with van der Waals surface area (Å²) in [5.41, 5.74) is 2.27. The van der Waals surface area contributed by atoms with Gasteiger partial charge in [0.1, 0.15) is 5.82 Å². The Labute approximate surface area is 191 Å². The van der Waals surface area contributed by atoms with Gasteiger partial charge in [0.15, 0.2) is 17.5 Å². The minimum Gasteiger partial charge on any atom is -0.481 e. The molecule has 2 aromatic heterocycles. The molecule has 2 heterocycles. The van der Waals surface area contributed by atoms with E-state index in [0.29, 0.717) is 29.4 Å². The van der Waals surface area contributed by atoms with E-state index < -0.39 is 23.4 Å². The van der Waals surface area contributed by atoms with Crippen molar-refractivity contribution in [3.05, 3.63) is 53.3 Å². The SMILES string of the molecule is O=C(O)CC1CCC(c2ccc3nc(-c4nnc(Nc5cc(F)c(F)cc5F)o4)[nH]c3c2)CC1. The predicted molar refractivity (Wildman–Crippen MR) is 116 cm³/mol. The molecule has 0 spiro atoms. The van der Waals surface area contributed by atoms with Crippen molar-refractivity contribution in [3.8, 4) is 11.7 Å². The van der Waals surface area contributed by atoms with Crippen molar-refractivity contribution in [2.45, 2.75) is 38.0 Å². The van der Waals surface area contributed by atoms with Gasteiger partial charge in [-0.05, 0) is 55.2 Å². The Morgan fingerprint density at radius 3 is 2.59 bits per heavy atom. The van der Waals surface area contributed by atoms with Gasteiger partial charge in [-0.25, -0.2) is 18.2 Å². The fourth-order valence-electron chi connectivity index (χ4n) is 4.43. The van der Waals surface area contributed by atoms with Crippen molar-refractivity contribution in [2.24, 2.45) is 5.92 Å². The minimum absolute atomic E-state index is 0.0393. The minimum atomic E-state index is -1.30. The first-order valence-electron chi connectivity index (χ1n) is 10.8. The third-order valence-electron chi connectivity index (χ3n) is 6.17. The van der Waals surface area contributed by atoms with E-state index in [-0.39, 0.29) is 29.9 Å². The summed E-state index contributed by atoms with van der Waals surface area (Å²) in [5.74, 6) is -3.34. The summed E-state index contributed by atoms with van der Waals surface area (Å²) in [6.45, 7) is 0. The second-order valence-corrected chi connectivity index (χ2v) is 8.46. The molecule has 0 atom stereocenters. The highest BCUT2D eigenvalue weighted by Gasteiger charge is 2.24. The van der Waals surface area contributed by atoms with Crippen molar-refractivity contribution in [1.29, 1.82) is 0 Å².